The first-order valence-corrected chi connectivity index (χ1v) is 7.85. The molecule has 98 valence electrons. The van der Waals surface area contributed by atoms with Crippen molar-refractivity contribution >= 4 is 23.4 Å². The van der Waals surface area contributed by atoms with E-state index in [0.717, 1.165) is 41.7 Å². The fraction of sp³-hybridized carbons (Fsp3) is 0.750. The molecule has 0 amide bonds. The van der Waals surface area contributed by atoms with E-state index in [0.29, 0.717) is 6.04 Å². The highest BCUT2D eigenvalue weighted by molar-refractivity contribution is 7.98. The quantitative estimate of drug-likeness (QED) is 0.829. The molecule has 1 N–H and O–H groups in total. The third kappa shape index (κ3) is 3.90. The zero-order valence-corrected chi connectivity index (χ0v) is 12.7. The van der Waals surface area contributed by atoms with Crippen LogP contribution < -0.4 is 5.32 Å². The van der Waals surface area contributed by atoms with E-state index in [2.05, 4.69) is 30.5 Å². The second kappa shape index (κ2) is 7.29. The summed E-state index contributed by atoms with van der Waals surface area (Å²) < 4.78 is 1.98. The molecular weight excluding hydrogens is 254 g/mol. The Bertz CT molecular complexity index is 352. The molecule has 1 atom stereocenters. The van der Waals surface area contributed by atoms with E-state index < -0.39 is 0 Å². The van der Waals surface area contributed by atoms with Gasteiger partial charge in [0.2, 0.25) is 0 Å². The van der Waals surface area contributed by atoms with Crippen molar-refractivity contribution in [1.82, 2.24) is 15.1 Å². The van der Waals surface area contributed by atoms with Crippen LogP contribution >= 0.6 is 23.4 Å². The maximum Gasteiger partial charge on any atom is 0.0860 e. The van der Waals surface area contributed by atoms with Crippen LogP contribution in [-0.4, -0.2) is 27.8 Å². The maximum absolute atomic E-state index is 6.27. The predicted molar refractivity (Wildman–Crippen MR) is 76.9 cm³/mol. The van der Waals surface area contributed by atoms with Gasteiger partial charge in [-0.05, 0) is 26.5 Å². The number of nitrogens with zero attached hydrogens (tertiary/aromatic N) is 2. The van der Waals surface area contributed by atoms with Crippen LogP contribution in [0.25, 0.3) is 0 Å². The van der Waals surface area contributed by atoms with Gasteiger partial charge in [0.25, 0.3) is 0 Å². The average molecular weight is 276 g/mol. The monoisotopic (exact) mass is 275 g/mol. The van der Waals surface area contributed by atoms with Crippen LogP contribution in [0.1, 0.15) is 31.7 Å². The number of thioether (sulfide) groups is 1. The summed E-state index contributed by atoms with van der Waals surface area (Å²) >= 11 is 8.14. The molecule has 1 rings (SSSR count). The van der Waals surface area contributed by atoms with Gasteiger partial charge in [0.05, 0.1) is 16.4 Å². The highest BCUT2D eigenvalue weighted by Crippen LogP contribution is 2.20. The molecule has 0 aliphatic carbocycles. The fourth-order valence-electron chi connectivity index (χ4n) is 1.80. The number of rotatable bonds is 7. The summed E-state index contributed by atoms with van der Waals surface area (Å²) in [7, 11) is 0. The summed E-state index contributed by atoms with van der Waals surface area (Å²) in [5, 5.41) is 8.77. The van der Waals surface area contributed by atoms with E-state index in [9.17, 15) is 0 Å². The number of aryl methyl sites for hydroxylation is 2. The maximum atomic E-state index is 6.27. The fourth-order valence-corrected chi connectivity index (χ4v) is 2.76. The lowest BCUT2D eigenvalue weighted by molar-refractivity contribution is 0.511. The Kier molecular flexibility index (Phi) is 6.38. The van der Waals surface area contributed by atoms with Gasteiger partial charge in [-0.3, -0.25) is 4.68 Å². The Labute approximate surface area is 113 Å². The van der Waals surface area contributed by atoms with Gasteiger partial charge < -0.3 is 5.32 Å². The van der Waals surface area contributed by atoms with E-state index in [1.807, 2.05) is 23.4 Å². The Morgan fingerprint density at radius 2 is 2.18 bits per heavy atom. The molecule has 0 fully saturated rings. The Hall–Kier alpha value is -0.190. The van der Waals surface area contributed by atoms with Crippen molar-refractivity contribution in [3.8, 4) is 0 Å². The molecule has 0 saturated carbocycles. The predicted octanol–water partition coefficient (Wildman–Crippen LogP) is 3.10. The molecule has 0 spiro atoms. The number of halogens is 1. The first-order valence-electron chi connectivity index (χ1n) is 6.08. The molecule has 0 aromatic carbocycles. The summed E-state index contributed by atoms with van der Waals surface area (Å²) in [6.07, 6.45) is 3.27. The van der Waals surface area contributed by atoms with Crippen molar-refractivity contribution in [1.29, 1.82) is 0 Å². The van der Waals surface area contributed by atoms with Crippen LogP contribution in [0.4, 0.5) is 0 Å². The highest BCUT2D eigenvalue weighted by atomic mass is 35.5. The molecule has 0 aliphatic heterocycles. The number of hydrogen-bond donors (Lipinski definition) is 1. The van der Waals surface area contributed by atoms with Crippen molar-refractivity contribution in [2.75, 3.05) is 12.0 Å². The van der Waals surface area contributed by atoms with Gasteiger partial charge in [0.15, 0.2) is 0 Å². The first kappa shape index (κ1) is 14.9. The summed E-state index contributed by atoms with van der Waals surface area (Å²) in [5.74, 6) is 1.13. The van der Waals surface area contributed by atoms with Crippen LogP contribution in [0.3, 0.4) is 0 Å². The lowest BCUT2D eigenvalue weighted by Gasteiger charge is -2.16. The van der Waals surface area contributed by atoms with Crippen molar-refractivity contribution < 1.29 is 0 Å². The van der Waals surface area contributed by atoms with Gasteiger partial charge in [-0.25, -0.2) is 0 Å². The molecule has 1 unspecified atom stereocenters. The first-order chi connectivity index (χ1) is 8.13. The standard InChI is InChI=1S/C12H22ClN3S/c1-5-10(8-17-4)14-7-11-12(13)9(3)15-16(11)6-2/h10,14H,5-8H2,1-4H3. The summed E-state index contributed by atoms with van der Waals surface area (Å²) in [6, 6.07) is 0.543. The highest BCUT2D eigenvalue weighted by Gasteiger charge is 2.13. The van der Waals surface area contributed by atoms with Crippen LogP contribution in [0.5, 0.6) is 0 Å². The normalized spacial score (nSPS) is 13.0. The number of nitrogens with one attached hydrogen (secondary N) is 1. The smallest absolute Gasteiger partial charge is 0.0860 e. The van der Waals surface area contributed by atoms with Gasteiger partial charge in [-0.2, -0.15) is 16.9 Å². The lowest BCUT2D eigenvalue weighted by Crippen LogP contribution is -2.31. The molecule has 1 aromatic heterocycles. The topological polar surface area (TPSA) is 29.9 Å². The van der Waals surface area contributed by atoms with Crippen LogP contribution in [0.2, 0.25) is 5.02 Å². The molecule has 0 saturated heterocycles. The van der Waals surface area contributed by atoms with E-state index in [-0.39, 0.29) is 0 Å². The molecule has 1 heterocycles. The van der Waals surface area contributed by atoms with E-state index in [1.165, 1.54) is 0 Å². The zero-order chi connectivity index (χ0) is 12.8. The molecule has 0 bridgehead atoms. The number of aromatic nitrogens is 2. The molecule has 0 aliphatic rings. The SMILES string of the molecule is CCC(CSC)NCc1c(Cl)c(C)nn1CC. The Morgan fingerprint density at radius 1 is 1.47 bits per heavy atom. The zero-order valence-electron chi connectivity index (χ0n) is 11.1. The van der Waals surface area contributed by atoms with Gasteiger partial charge in [0.1, 0.15) is 0 Å². The minimum absolute atomic E-state index is 0.543. The largest absolute Gasteiger partial charge is 0.308 e. The van der Waals surface area contributed by atoms with E-state index >= 15 is 0 Å². The van der Waals surface area contributed by atoms with Crippen molar-refractivity contribution in [2.45, 2.75) is 46.3 Å². The molecule has 1 aromatic rings. The minimum atomic E-state index is 0.543. The van der Waals surface area contributed by atoms with Crippen LogP contribution in [0, 0.1) is 6.92 Å². The van der Waals surface area contributed by atoms with Crippen LogP contribution in [-0.2, 0) is 13.1 Å². The van der Waals surface area contributed by atoms with Gasteiger partial charge in [-0.1, -0.05) is 18.5 Å². The molecule has 0 radical (unpaired) electrons. The van der Waals surface area contributed by atoms with Crippen molar-refractivity contribution in [2.24, 2.45) is 0 Å². The third-order valence-electron chi connectivity index (χ3n) is 2.87. The second-order valence-corrected chi connectivity index (χ2v) is 5.39. The lowest BCUT2D eigenvalue weighted by atomic mass is 10.2. The minimum Gasteiger partial charge on any atom is -0.308 e. The second-order valence-electron chi connectivity index (χ2n) is 4.10. The van der Waals surface area contributed by atoms with Gasteiger partial charge >= 0.3 is 0 Å². The molecular formula is C12H22ClN3S. The molecule has 17 heavy (non-hydrogen) atoms. The van der Waals surface area contributed by atoms with E-state index in [1.54, 1.807) is 0 Å². The number of hydrogen-bond acceptors (Lipinski definition) is 3. The molecule has 3 nitrogen and oxygen atoms in total. The summed E-state index contributed by atoms with van der Waals surface area (Å²) in [5.41, 5.74) is 2.02. The molecule has 5 heteroatoms. The summed E-state index contributed by atoms with van der Waals surface area (Å²) in [6.45, 7) is 7.91. The average Bonchev–Trinajstić information content (AvgIpc) is 2.61. The third-order valence-corrected chi connectivity index (χ3v) is 4.10. The van der Waals surface area contributed by atoms with Crippen molar-refractivity contribution in [3.63, 3.8) is 0 Å². The van der Waals surface area contributed by atoms with Crippen molar-refractivity contribution in [3.05, 3.63) is 16.4 Å². The Balaban J connectivity index is 2.67. The summed E-state index contributed by atoms with van der Waals surface area (Å²) in [4.78, 5) is 0. The van der Waals surface area contributed by atoms with Gasteiger partial charge in [0, 0.05) is 24.9 Å². The van der Waals surface area contributed by atoms with E-state index in [4.69, 9.17) is 11.6 Å². The Morgan fingerprint density at radius 3 is 2.71 bits per heavy atom. The van der Waals surface area contributed by atoms with Crippen LogP contribution in [0.15, 0.2) is 0 Å². The van der Waals surface area contributed by atoms with Gasteiger partial charge in [-0.15, -0.1) is 0 Å².